The summed E-state index contributed by atoms with van der Waals surface area (Å²) in [6, 6.07) is 5.13. The molecule has 0 fully saturated rings. The van der Waals surface area contributed by atoms with Gasteiger partial charge in [0.1, 0.15) is 0 Å². The smallest absolute Gasteiger partial charge is 0.344 e. The fourth-order valence-electron chi connectivity index (χ4n) is 4.02. The van der Waals surface area contributed by atoms with E-state index in [2.05, 4.69) is 11.7 Å². The van der Waals surface area contributed by atoms with Gasteiger partial charge in [-0.05, 0) is 18.6 Å². The lowest BCUT2D eigenvalue weighted by Gasteiger charge is -2.11. The van der Waals surface area contributed by atoms with E-state index in [1.54, 1.807) is 0 Å². The molecule has 0 aliphatic rings. The summed E-state index contributed by atoms with van der Waals surface area (Å²) in [6.45, 7) is 2.32. The van der Waals surface area contributed by atoms with Crippen LogP contribution in [-0.2, 0) is 4.74 Å². The molecule has 0 saturated carbocycles. The van der Waals surface area contributed by atoms with Gasteiger partial charge in [-0.2, -0.15) is 8.78 Å². The van der Waals surface area contributed by atoms with Crippen molar-refractivity contribution in [3.63, 3.8) is 0 Å². The number of carbonyl (C=O) groups excluding carboxylic acids is 2. The molecule has 0 bridgehead atoms. The summed E-state index contributed by atoms with van der Waals surface area (Å²) >= 11 is 0. The minimum Gasteiger partial charge on any atom is -0.462 e. The van der Waals surface area contributed by atoms with Gasteiger partial charge in [-0.15, -0.1) is 0 Å². The van der Waals surface area contributed by atoms with Gasteiger partial charge in [-0.1, -0.05) is 96.1 Å². The first-order valence-electron chi connectivity index (χ1n) is 13.3. The first kappa shape index (κ1) is 31.2. The molecule has 0 saturated heterocycles. The fraction of sp³-hybridized carbons (Fsp3) is 0.517. The molecule has 2 rings (SSSR count). The van der Waals surface area contributed by atoms with E-state index in [9.17, 15) is 31.5 Å². The monoisotopic (exact) mass is 542 g/mol. The highest BCUT2D eigenvalue weighted by molar-refractivity contribution is 6.03. The van der Waals surface area contributed by atoms with Crippen LogP contribution in [0.1, 0.15) is 111 Å². The van der Waals surface area contributed by atoms with Crippen LogP contribution in [-0.4, -0.2) is 18.5 Å². The molecule has 38 heavy (non-hydrogen) atoms. The second-order valence-corrected chi connectivity index (χ2v) is 9.21. The quantitative estimate of drug-likeness (QED) is 0.0500. The Morgan fingerprint density at radius 2 is 0.974 bits per heavy atom. The predicted octanol–water partition coefficient (Wildman–Crippen LogP) is 8.85. The first-order chi connectivity index (χ1) is 18.3. The molecule has 2 aromatic rings. The zero-order chi connectivity index (χ0) is 27.9. The number of unbranched alkanes of at least 4 members (excludes halogenated alkanes) is 12. The maximum Gasteiger partial charge on any atom is 0.344 e. The van der Waals surface area contributed by atoms with Crippen LogP contribution in [0.3, 0.4) is 0 Å². The highest BCUT2D eigenvalue weighted by Gasteiger charge is 2.30. The average Bonchev–Trinajstić information content (AvgIpc) is 2.93. The molecule has 0 radical (unpaired) electrons. The van der Waals surface area contributed by atoms with Gasteiger partial charge in [0.15, 0.2) is 0 Å². The predicted molar refractivity (Wildman–Crippen MR) is 134 cm³/mol. The van der Waals surface area contributed by atoms with Crippen molar-refractivity contribution in [2.24, 2.45) is 0 Å². The van der Waals surface area contributed by atoms with Crippen molar-refractivity contribution in [1.29, 1.82) is 0 Å². The molecule has 0 amide bonds. The molecule has 0 aromatic heterocycles. The third-order valence-electron chi connectivity index (χ3n) is 6.21. The van der Waals surface area contributed by atoms with E-state index in [1.165, 1.54) is 76.0 Å². The van der Waals surface area contributed by atoms with E-state index >= 15 is 0 Å². The number of carbonyl (C=O) groups is 2. The van der Waals surface area contributed by atoms with Crippen molar-refractivity contribution in [3.05, 3.63) is 64.5 Å². The summed E-state index contributed by atoms with van der Waals surface area (Å²) in [4.78, 5) is 24.9. The first-order valence-corrected chi connectivity index (χ1v) is 13.3. The van der Waals surface area contributed by atoms with E-state index in [1.807, 2.05) is 0 Å². The Balaban J connectivity index is 1.75. The summed E-state index contributed by atoms with van der Waals surface area (Å²) in [5.41, 5.74) is -0.692. The summed E-state index contributed by atoms with van der Waals surface area (Å²) in [7, 11) is 0. The van der Waals surface area contributed by atoms with E-state index in [0.29, 0.717) is 6.42 Å². The van der Waals surface area contributed by atoms with Gasteiger partial charge in [0.25, 0.3) is 0 Å². The second-order valence-electron chi connectivity index (χ2n) is 9.21. The molecule has 0 atom stereocenters. The minimum atomic E-state index is -2.38. The Hall–Kier alpha value is -2.97. The number of esters is 2. The molecule has 0 heterocycles. The van der Waals surface area contributed by atoms with Gasteiger partial charge in [0, 0.05) is 0 Å². The molecule has 0 aliphatic carbocycles. The van der Waals surface area contributed by atoms with Crippen molar-refractivity contribution in [2.75, 3.05) is 6.61 Å². The zero-order valence-corrected chi connectivity index (χ0v) is 21.7. The summed E-state index contributed by atoms with van der Waals surface area (Å²) in [6.07, 6.45) is 15.1. The van der Waals surface area contributed by atoms with E-state index in [4.69, 9.17) is 4.74 Å². The van der Waals surface area contributed by atoms with Gasteiger partial charge in [-0.25, -0.2) is 22.8 Å². The SMILES string of the molecule is CCCCCCCCCCCCCCCOC(=O)c1ccccc1C(=O)Oc1c(F)c(F)c(F)c(F)c1F. The molecular formula is C29H35F5O4. The number of benzene rings is 2. The van der Waals surface area contributed by atoms with Crippen molar-refractivity contribution in [1.82, 2.24) is 0 Å². The lowest BCUT2D eigenvalue weighted by atomic mass is 10.0. The lowest BCUT2D eigenvalue weighted by molar-refractivity contribution is 0.0489. The maximum absolute atomic E-state index is 13.9. The summed E-state index contributed by atoms with van der Waals surface area (Å²) < 4.78 is 77.4. The van der Waals surface area contributed by atoms with Gasteiger partial charge < -0.3 is 9.47 Å². The molecule has 0 unspecified atom stereocenters. The summed E-state index contributed by atoms with van der Waals surface area (Å²) in [5, 5.41) is 0. The van der Waals surface area contributed by atoms with Crippen LogP contribution in [0, 0.1) is 29.1 Å². The molecular weight excluding hydrogens is 507 g/mol. The van der Waals surface area contributed by atoms with Crippen LogP contribution < -0.4 is 4.74 Å². The van der Waals surface area contributed by atoms with Crippen molar-refractivity contribution < 1.29 is 41.0 Å². The van der Waals surface area contributed by atoms with Crippen LogP contribution in [0.4, 0.5) is 22.0 Å². The fourth-order valence-corrected chi connectivity index (χ4v) is 4.02. The number of hydrogen-bond acceptors (Lipinski definition) is 4. The molecule has 0 aliphatic heterocycles. The highest BCUT2D eigenvalue weighted by atomic mass is 19.2. The Bertz CT molecular complexity index is 1030. The van der Waals surface area contributed by atoms with Gasteiger partial charge in [-0.3, -0.25) is 0 Å². The van der Waals surface area contributed by atoms with E-state index in [0.717, 1.165) is 25.3 Å². The largest absolute Gasteiger partial charge is 0.462 e. The molecule has 0 N–H and O–H groups in total. The number of halogens is 5. The Morgan fingerprint density at radius 1 is 0.579 bits per heavy atom. The van der Waals surface area contributed by atoms with Crippen LogP contribution in [0.15, 0.2) is 24.3 Å². The van der Waals surface area contributed by atoms with E-state index < -0.39 is 52.3 Å². The molecule has 9 heteroatoms. The van der Waals surface area contributed by atoms with Gasteiger partial charge >= 0.3 is 11.9 Å². The topological polar surface area (TPSA) is 52.6 Å². The summed E-state index contributed by atoms with van der Waals surface area (Å²) in [5.74, 6) is -15.6. The Labute approximate surface area is 220 Å². The molecule has 210 valence electrons. The third-order valence-corrected chi connectivity index (χ3v) is 6.21. The second kappa shape index (κ2) is 16.8. The number of rotatable bonds is 17. The average molecular weight is 543 g/mol. The van der Waals surface area contributed by atoms with Crippen molar-refractivity contribution >= 4 is 11.9 Å². The van der Waals surface area contributed by atoms with Crippen LogP contribution in [0.25, 0.3) is 0 Å². The Morgan fingerprint density at radius 3 is 1.45 bits per heavy atom. The third kappa shape index (κ3) is 9.40. The molecule has 0 spiro atoms. The molecule has 4 nitrogen and oxygen atoms in total. The van der Waals surface area contributed by atoms with Crippen molar-refractivity contribution in [3.8, 4) is 5.75 Å². The number of hydrogen-bond donors (Lipinski definition) is 0. The Kier molecular flexibility index (Phi) is 13.8. The van der Waals surface area contributed by atoms with Crippen LogP contribution >= 0.6 is 0 Å². The minimum absolute atomic E-state index is 0.109. The zero-order valence-electron chi connectivity index (χ0n) is 21.7. The molecule has 2 aromatic carbocycles. The maximum atomic E-state index is 13.9. The van der Waals surface area contributed by atoms with Gasteiger partial charge in [0.2, 0.25) is 34.8 Å². The normalized spacial score (nSPS) is 11.0. The standard InChI is InChI=1S/C29H35F5O4/c1-2-3-4-5-6-7-8-9-10-11-12-13-16-19-37-28(35)20-17-14-15-18-21(20)29(36)38-27-25(33)23(31)22(30)24(32)26(27)34/h14-15,17-18H,2-13,16,19H2,1H3. The highest BCUT2D eigenvalue weighted by Crippen LogP contribution is 2.30. The van der Waals surface area contributed by atoms with Crippen LogP contribution in [0.5, 0.6) is 5.75 Å². The lowest BCUT2D eigenvalue weighted by Crippen LogP contribution is -2.18. The van der Waals surface area contributed by atoms with Crippen molar-refractivity contribution in [2.45, 2.75) is 90.4 Å². The van der Waals surface area contributed by atoms with Gasteiger partial charge in [0.05, 0.1) is 17.7 Å². The van der Waals surface area contributed by atoms with E-state index in [-0.39, 0.29) is 12.2 Å². The number of ether oxygens (including phenoxy) is 2. The van der Waals surface area contributed by atoms with Crippen LogP contribution in [0.2, 0.25) is 0 Å².